The summed E-state index contributed by atoms with van der Waals surface area (Å²) in [7, 11) is -4.03. The van der Waals surface area contributed by atoms with E-state index in [-0.39, 0.29) is 35.1 Å². The molecule has 222 valence electrons. The Labute approximate surface area is 234 Å². The standard InChI is InChI=1S/C28H30F5N3O4S/c29-19-6-5-18(22(11-19)28(31,32)33)15-35-8-1-7-27(16-35)14-25(27)40-24-13-23(30)21(12-20(24)17-3-4-17)26(37)34-41(38,39)36-9-2-10-36/h5-6,11-13,17,25H,1-4,7-10,14-16H2,(H,34,37). The van der Waals surface area contributed by atoms with Crippen LogP contribution in [0.1, 0.15) is 71.5 Å². The summed E-state index contributed by atoms with van der Waals surface area (Å²) in [5.74, 6) is -2.49. The predicted molar refractivity (Wildman–Crippen MR) is 138 cm³/mol. The van der Waals surface area contributed by atoms with Crippen molar-refractivity contribution in [1.82, 2.24) is 13.9 Å². The fourth-order valence-corrected chi connectivity index (χ4v) is 7.18. The number of nitrogens with zero attached hydrogens (tertiary/aromatic N) is 2. The van der Waals surface area contributed by atoms with Crippen molar-refractivity contribution in [3.05, 3.63) is 64.2 Å². The largest absolute Gasteiger partial charge is 0.489 e. The highest BCUT2D eigenvalue weighted by Gasteiger charge is 2.58. The third kappa shape index (κ3) is 5.80. The number of likely N-dealkylation sites (tertiary alicyclic amines) is 1. The molecular weight excluding hydrogens is 569 g/mol. The molecule has 2 aliphatic heterocycles. The highest BCUT2D eigenvalue weighted by Crippen LogP contribution is 2.56. The lowest BCUT2D eigenvalue weighted by atomic mass is 9.93. The van der Waals surface area contributed by atoms with Gasteiger partial charge < -0.3 is 4.74 Å². The molecule has 2 aromatic rings. The third-order valence-electron chi connectivity index (χ3n) is 8.58. The number of piperidine rings is 1. The maximum atomic E-state index is 15.1. The summed E-state index contributed by atoms with van der Waals surface area (Å²) in [6.45, 7) is 1.71. The molecule has 7 nitrogen and oxygen atoms in total. The van der Waals surface area contributed by atoms with E-state index in [4.69, 9.17) is 4.74 Å². The van der Waals surface area contributed by atoms with Gasteiger partial charge >= 0.3 is 16.4 Å². The number of hydrogen-bond donors (Lipinski definition) is 1. The fourth-order valence-electron chi connectivity index (χ4n) is 5.97. The van der Waals surface area contributed by atoms with Gasteiger partial charge in [-0.2, -0.15) is 25.9 Å². The molecule has 1 spiro atoms. The number of ether oxygens (including phenoxy) is 1. The highest BCUT2D eigenvalue weighted by molar-refractivity contribution is 7.87. The Balaban J connectivity index is 1.16. The highest BCUT2D eigenvalue weighted by atomic mass is 32.2. The second kappa shape index (κ2) is 10.2. The molecule has 1 amide bonds. The van der Waals surface area contributed by atoms with E-state index in [1.807, 2.05) is 9.62 Å². The van der Waals surface area contributed by atoms with Gasteiger partial charge in [0.05, 0.1) is 11.1 Å². The van der Waals surface area contributed by atoms with Crippen molar-refractivity contribution in [2.45, 2.75) is 63.3 Å². The third-order valence-corrected chi connectivity index (χ3v) is 10.1. The molecule has 4 aliphatic rings. The van der Waals surface area contributed by atoms with Crippen LogP contribution in [0.5, 0.6) is 5.75 Å². The summed E-state index contributed by atoms with van der Waals surface area (Å²) in [4.78, 5) is 14.6. The molecule has 2 saturated carbocycles. The molecule has 0 bridgehead atoms. The van der Waals surface area contributed by atoms with Crippen LogP contribution in [0.15, 0.2) is 30.3 Å². The van der Waals surface area contributed by atoms with E-state index in [1.165, 1.54) is 12.1 Å². The van der Waals surface area contributed by atoms with Gasteiger partial charge in [-0.3, -0.25) is 9.69 Å². The van der Waals surface area contributed by atoms with Crippen molar-refractivity contribution in [3.8, 4) is 5.75 Å². The first-order chi connectivity index (χ1) is 19.3. The summed E-state index contributed by atoms with van der Waals surface area (Å²) in [5, 5.41) is 0. The average molecular weight is 600 g/mol. The van der Waals surface area contributed by atoms with E-state index in [1.54, 1.807) is 0 Å². The second-order valence-corrected chi connectivity index (χ2v) is 13.3. The van der Waals surface area contributed by atoms with E-state index < -0.39 is 39.5 Å². The molecule has 6 rings (SSSR count). The van der Waals surface area contributed by atoms with Crippen molar-refractivity contribution in [2.24, 2.45) is 5.41 Å². The van der Waals surface area contributed by atoms with Crippen LogP contribution in [0.2, 0.25) is 0 Å². The maximum Gasteiger partial charge on any atom is 0.416 e. The Hall–Kier alpha value is -2.77. The Kier molecular flexibility index (Phi) is 7.05. The van der Waals surface area contributed by atoms with E-state index in [0.717, 1.165) is 42.1 Å². The van der Waals surface area contributed by atoms with Crippen molar-refractivity contribution >= 4 is 16.1 Å². The van der Waals surface area contributed by atoms with Crippen LogP contribution in [0.25, 0.3) is 0 Å². The van der Waals surface area contributed by atoms with Gasteiger partial charge in [-0.25, -0.2) is 13.5 Å². The van der Waals surface area contributed by atoms with Gasteiger partial charge in [-0.05, 0) is 80.3 Å². The number of carbonyl (C=O) groups is 1. The van der Waals surface area contributed by atoms with Crippen LogP contribution < -0.4 is 9.46 Å². The van der Waals surface area contributed by atoms with Gasteiger partial charge in [0.2, 0.25) is 0 Å². The first kappa shape index (κ1) is 28.4. The Morgan fingerprint density at radius 1 is 1.07 bits per heavy atom. The van der Waals surface area contributed by atoms with Crippen LogP contribution in [-0.2, 0) is 22.9 Å². The molecule has 2 saturated heterocycles. The molecule has 1 N–H and O–H groups in total. The average Bonchev–Trinajstić information content (AvgIpc) is 3.76. The minimum Gasteiger partial charge on any atom is -0.489 e. The lowest BCUT2D eigenvalue weighted by Crippen LogP contribution is -2.49. The normalized spacial score (nSPS) is 25.1. The Morgan fingerprint density at radius 3 is 2.49 bits per heavy atom. The minimum absolute atomic E-state index is 0.0112. The number of carbonyl (C=O) groups excluding carboxylic acids is 1. The zero-order chi connectivity index (χ0) is 29.2. The van der Waals surface area contributed by atoms with Gasteiger partial charge in [-0.1, -0.05) is 6.07 Å². The fraction of sp³-hybridized carbons (Fsp3) is 0.536. The summed E-state index contributed by atoms with van der Waals surface area (Å²) in [6, 6.07) is 5.25. The molecule has 4 fully saturated rings. The van der Waals surface area contributed by atoms with E-state index in [0.29, 0.717) is 56.4 Å². The first-order valence-electron chi connectivity index (χ1n) is 13.7. The zero-order valence-electron chi connectivity index (χ0n) is 22.1. The van der Waals surface area contributed by atoms with Crippen LogP contribution in [0, 0.1) is 17.0 Å². The molecule has 2 heterocycles. The van der Waals surface area contributed by atoms with E-state index in [2.05, 4.69) is 0 Å². The van der Waals surface area contributed by atoms with Crippen molar-refractivity contribution in [2.75, 3.05) is 26.2 Å². The first-order valence-corrected chi connectivity index (χ1v) is 15.2. The van der Waals surface area contributed by atoms with Gasteiger partial charge in [0.25, 0.3) is 5.91 Å². The van der Waals surface area contributed by atoms with Crippen molar-refractivity contribution in [3.63, 3.8) is 0 Å². The van der Waals surface area contributed by atoms with Crippen molar-refractivity contribution < 1.29 is 39.9 Å². The predicted octanol–water partition coefficient (Wildman–Crippen LogP) is 4.97. The number of alkyl halides is 3. The number of halogens is 5. The maximum absolute atomic E-state index is 15.1. The van der Waals surface area contributed by atoms with Crippen LogP contribution in [0.3, 0.4) is 0 Å². The number of hydrogen-bond acceptors (Lipinski definition) is 5. The molecular formula is C28H30F5N3O4S. The number of benzene rings is 2. The lowest BCUT2D eigenvalue weighted by molar-refractivity contribution is -0.138. The van der Waals surface area contributed by atoms with Gasteiger partial charge in [-0.15, -0.1) is 0 Å². The number of rotatable bonds is 8. The lowest BCUT2D eigenvalue weighted by Gasteiger charge is -2.34. The summed E-state index contributed by atoms with van der Waals surface area (Å²) in [6.07, 6.45) is -0.374. The summed E-state index contributed by atoms with van der Waals surface area (Å²) < 4.78 is 103. The SMILES string of the molecule is O=C(NS(=O)(=O)N1CCC1)c1cc(C2CC2)c(OC2CC23CCCN(Cc2ccc(F)cc2C(F)(F)F)C3)cc1F. The molecule has 2 unspecified atom stereocenters. The molecule has 0 aromatic heterocycles. The van der Waals surface area contributed by atoms with Crippen LogP contribution in [-0.4, -0.2) is 55.8 Å². The number of amides is 1. The van der Waals surface area contributed by atoms with Crippen molar-refractivity contribution in [1.29, 1.82) is 0 Å². The minimum atomic E-state index is -4.67. The van der Waals surface area contributed by atoms with E-state index in [9.17, 15) is 30.8 Å². The van der Waals surface area contributed by atoms with Gasteiger partial charge in [0.1, 0.15) is 23.5 Å². The zero-order valence-corrected chi connectivity index (χ0v) is 23.0. The second-order valence-electron chi connectivity index (χ2n) is 11.6. The monoisotopic (exact) mass is 599 g/mol. The Morgan fingerprint density at radius 2 is 1.83 bits per heavy atom. The molecule has 2 aliphatic carbocycles. The van der Waals surface area contributed by atoms with Crippen LogP contribution >= 0.6 is 0 Å². The smallest absolute Gasteiger partial charge is 0.416 e. The molecule has 13 heteroatoms. The number of nitrogens with one attached hydrogen (secondary N) is 1. The van der Waals surface area contributed by atoms with Crippen LogP contribution in [0.4, 0.5) is 22.0 Å². The quantitative estimate of drug-likeness (QED) is 0.434. The molecule has 0 radical (unpaired) electrons. The molecule has 41 heavy (non-hydrogen) atoms. The molecule has 2 aromatic carbocycles. The topological polar surface area (TPSA) is 79.0 Å². The van der Waals surface area contributed by atoms with E-state index >= 15 is 4.39 Å². The summed E-state index contributed by atoms with van der Waals surface area (Å²) >= 11 is 0. The van der Waals surface area contributed by atoms with Gasteiger partial charge in [0, 0.05) is 37.7 Å². The Bertz CT molecular complexity index is 1480. The van der Waals surface area contributed by atoms with Gasteiger partial charge in [0.15, 0.2) is 0 Å². The summed E-state index contributed by atoms with van der Waals surface area (Å²) in [5.41, 5.74) is -0.981. The molecule has 2 atom stereocenters.